The number of carbonyl (C=O) groups excluding carboxylic acids is 1. The van der Waals surface area contributed by atoms with Crippen molar-refractivity contribution in [3.63, 3.8) is 0 Å². The summed E-state index contributed by atoms with van der Waals surface area (Å²) in [6.45, 7) is 2.38. The number of benzene rings is 1. The normalized spacial score (nSPS) is 16.1. The lowest BCUT2D eigenvalue weighted by atomic mass is 10.1. The molecule has 2 N–H and O–H groups in total. The minimum absolute atomic E-state index is 0.0257. The Morgan fingerprint density at radius 3 is 2.67 bits per heavy atom. The molecule has 18 heavy (non-hydrogen) atoms. The van der Waals surface area contributed by atoms with Crippen LogP contribution in [0.15, 0.2) is 23.0 Å². The van der Waals surface area contributed by atoms with E-state index in [9.17, 15) is 9.59 Å². The highest BCUT2D eigenvalue weighted by molar-refractivity contribution is 5.97. The predicted octanol–water partition coefficient (Wildman–Crippen LogP) is 0.329. The molecule has 0 atom stereocenters. The fourth-order valence-corrected chi connectivity index (χ4v) is 2.11. The van der Waals surface area contributed by atoms with E-state index in [0.717, 1.165) is 0 Å². The van der Waals surface area contributed by atoms with Crippen LogP contribution in [0, 0.1) is 0 Å². The molecule has 0 bridgehead atoms. The van der Waals surface area contributed by atoms with Gasteiger partial charge in [-0.15, -0.1) is 0 Å². The van der Waals surface area contributed by atoms with Gasteiger partial charge in [-0.05, 0) is 18.2 Å². The molecule has 1 aliphatic rings. The molecule has 6 nitrogen and oxygen atoms in total. The fourth-order valence-electron chi connectivity index (χ4n) is 2.11. The first-order valence-corrected chi connectivity index (χ1v) is 5.83. The SMILES string of the molecule is O=C(c1ccc2[nH]c(=O)[nH]c2c1)N1CCOCC1. The number of hydrogen-bond acceptors (Lipinski definition) is 3. The van der Waals surface area contributed by atoms with Gasteiger partial charge < -0.3 is 19.6 Å². The molecule has 2 aromatic rings. The number of carbonyl (C=O) groups is 1. The van der Waals surface area contributed by atoms with Gasteiger partial charge >= 0.3 is 5.69 Å². The summed E-state index contributed by atoms with van der Waals surface area (Å²) in [5.41, 5.74) is 1.68. The summed E-state index contributed by atoms with van der Waals surface area (Å²) in [6, 6.07) is 5.16. The van der Waals surface area contributed by atoms with Crippen LogP contribution in [0.1, 0.15) is 10.4 Å². The highest BCUT2D eigenvalue weighted by Crippen LogP contribution is 2.13. The van der Waals surface area contributed by atoms with Crippen molar-refractivity contribution in [3.8, 4) is 0 Å². The van der Waals surface area contributed by atoms with Crippen LogP contribution in [0.3, 0.4) is 0 Å². The Hall–Kier alpha value is -2.08. The van der Waals surface area contributed by atoms with E-state index in [1.807, 2.05) is 0 Å². The van der Waals surface area contributed by atoms with Crippen LogP contribution in [0.5, 0.6) is 0 Å². The molecule has 6 heteroatoms. The topological polar surface area (TPSA) is 78.2 Å². The van der Waals surface area contributed by atoms with Crippen molar-refractivity contribution >= 4 is 16.9 Å². The highest BCUT2D eigenvalue weighted by atomic mass is 16.5. The van der Waals surface area contributed by atoms with Crippen LogP contribution >= 0.6 is 0 Å². The van der Waals surface area contributed by atoms with Crippen molar-refractivity contribution in [1.82, 2.24) is 14.9 Å². The van der Waals surface area contributed by atoms with Gasteiger partial charge in [0.05, 0.1) is 24.2 Å². The van der Waals surface area contributed by atoms with E-state index in [1.165, 1.54) is 0 Å². The van der Waals surface area contributed by atoms with Crippen LogP contribution in [-0.2, 0) is 4.74 Å². The van der Waals surface area contributed by atoms with Crippen LogP contribution < -0.4 is 5.69 Å². The third kappa shape index (κ3) is 1.91. The van der Waals surface area contributed by atoms with Gasteiger partial charge in [0.15, 0.2) is 0 Å². The second-order valence-corrected chi connectivity index (χ2v) is 4.24. The van der Waals surface area contributed by atoms with Gasteiger partial charge in [0.25, 0.3) is 5.91 Å². The van der Waals surface area contributed by atoms with Crippen molar-refractivity contribution in [3.05, 3.63) is 34.2 Å². The number of rotatable bonds is 1. The first kappa shape index (κ1) is 11.0. The van der Waals surface area contributed by atoms with E-state index in [1.54, 1.807) is 23.1 Å². The zero-order valence-electron chi connectivity index (χ0n) is 9.73. The standard InChI is InChI=1S/C12H13N3O3/c16-11(15-3-5-18-6-4-15)8-1-2-9-10(7-8)14-12(17)13-9/h1-2,7H,3-6H2,(H2,13,14,17). The Morgan fingerprint density at radius 2 is 1.89 bits per heavy atom. The molecule has 0 radical (unpaired) electrons. The second-order valence-electron chi connectivity index (χ2n) is 4.24. The molecule has 2 heterocycles. The number of aromatic amines is 2. The summed E-state index contributed by atoms with van der Waals surface area (Å²) in [7, 11) is 0. The fraction of sp³-hybridized carbons (Fsp3) is 0.333. The van der Waals surface area contributed by atoms with Gasteiger partial charge in [-0.2, -0.15) is 0 Å². The van der Waals surface area contributed by atoms with E-state index in [-0.39, 0.29) is 11.6 Å². The third-order valence-corrected chi connectivity index (χ3v) is 3.06. The smallest absolute Gasteiger partial charge is 0.323 e. The number of amides is 1. The molecule has 1 aromatic carbocycles. The Labute approximate surface area is 103 Å². The zero-order chi connectivity index (χ0) is 12.5. The van der Waals surface area contributed by atoms with Crippen LogP contribution in [0.2, 0.25) is 0 Å². The molecule has 0 unspecified atom stereocenters. The zero-order valence-corrected chi connectivity index (χ0v) is 9.73. The van der Waals surface area contributed by atoms with Gasteiger partial charge in [0, 0.05) is 18.7 Å². The Morgan fingerprint density at radius 1 is 1.17 bits per heavy atom. The predicted molar refractivity (Wildman–Crippen MR) is 65.6 cm³/mol. The number of imidazole rings is 1. The Kier molecular flexibility index (Phi) is 2.64. The minimum Gasteiger partial charge on any atom is -0.378 e. The van der Waals surface area contributed by atoms with Crippen molar-refractivity contribution in [2.75, 3.05) is 26.3 Å². The summed E-state index contributed by atoms with van der Waals surface area (Å²) in [4.78, 5) is 30.4. The first-order chi connectivity index (χ1) is 8.74. The largest absolute Gasteiger partial charge is 0.378 e. The maximum absolute atomic E-state index is 12.2. The molecule has 1 aliphatic heterocycles. The lowest BCUT2D eigenvalue weighted by Gasteiger charge is -2.26. The average Bonchev–Trinajstić information content (AvgIpc) is 2.78. The van der Waals surface area contributed by atoms with E-state index in [0.29, 0.717) is 42.9 Å². The average molecular weight is 247 g/mol. The maximum atomic E-state index is 12.2. The number of nitrogens with one attached hydrogen (secondary N) is 2. The number of aromatic nitrogens is 2. The summed E-state index contributed by atoms with van der Waals surface area (Å²) >= 11 is 0. The van der Waals surface area contributed by atoms with E-state index in [2.05, 4.69) is 9.97 Å². The lowest BCUT2D eigenvalue weighted by molar-refractivity contribution is 0.0303. The lowest BCUT2D eigenvalue weighted by Crippen LogP contribution is -2.40. The maximum Gasteiger partial charge on any atom is 0.323 e. The highest BCUT2D eigenvalue weighted by Gasteiger charge is 2.18. The monoisotopic (exact) mass is 247 g/mol. The molecular weight excluding hydrogens is 234 g/mol. The Bertz CT molecular complexity index is 637. The molecular formula is C12H13N3O3. The first-order valence-electron chi connectivity index (χ1n) is 5.83. The van der Waals surface area contributed by atoms with Crippen molar-refractivity contribution in [2.24, 2.45) is 0 Å². The number of morpholine rings is 1. The number of ether oxygens (including phenoxy) is 1. The molecule has 0 saturated carbocycles. The second kappa shape index (κ2) is 4.30. The van der Waals surface area contributed by atoms with E-state index >= 15 is 0 Å². The van der Waals surface area contributed by atoms with Crippen LogP contribution in [0.25, 0.3) is 11.0 Å². The van der Waals surface area contributed by atoms with Crippen LogP contribution in [0.4, 0.5) is 0 Å². The number of hydrogen-bond donors (Lipinski definition) is 2. The summed E-state index contributed by atoms with van der Waals surface area (Å²) < 4.78 is 5.21. The minimum atomic E-state index is -0.263. The molecule has 0 spiro atoms. The van der Waals surface area contributed by atoms with Crippen molar-refractivity contribution in [2.45, 2.75) is 0 Å². The third-order valence-electron chi connectivity index (χ3n) is 3.06. The molecule has 94 valence electrons. The van der Waals surface area contributed by atoms with Gasteiger partial charge in [-0.1, -0.05) is 0 Å². The number of nitrogens with zero attached hydrogens (tertiary/aromatic N) is 1. The summed E-state index contributed by atoms with van der Waals surface area (Å²) in [6.07, 6.45) is 0. The quantitative estimate of drug-likeness (QED) is 0.762. The van der Waals surface area contributed by atoms with Gasteiger partial charge in [-0.25, -0.2) is 4.79 Å². The van der Waals surface area contributed by atoms with Crippen molar-refractivity contribution in [1.29, 1.82) is 0 Å². The molecule has 1 aromatic heterocycles. The number of fused-ring (bicyclic) bond motifs is 1. The molecule has 3 rings (SSSR count). The van der Waals surface area contributed by atoms with E-state index in [4.69, 9.17) is 4.74 Å². The van der Waals surface area contributed by atoms with E-state index < -0.39 is 0 Å². The Balaban J connectivity index is 1.92. The van der Waals surface area contributed by atoms with Gasteiger partial charge in [0.1, 0.15) is 0 Å². The molecule has 0 aliphatic carbocycles. The van der Waals surface area contributed by atoms with Gasteiger partial charge in [-0.3, -0.25) is 4.79 Å². The number of H-pyrrole nitrogens is 2. The molecule has 1 fully saturated rings. The van der Waals surface area contributed by atoms with Crippen molar-refractivity contribution < 1.29 is 9.53 Å². The summed E-state index contributed by atoms with van der Waals surface area (Å²) in [5.74, 6) is -0.0257. The van der Waals surface area contributed by atoms with Gasteiger partial charge in [0.2, 0.25) is 0 Å². The van der Waals surface area contributed by atoms with Crippen LogP contribution in [-0.4, -0.2) is 47.1 Å². The molecule has 1 saturated heterocycles. The molecule has 1 amide bonds. The summed E-state index contributed by atoms with van der Waals surface area (Å²) in [5, 5.41) is 0.